The van der Waals surface area contributed by atoms with Crippen molar-refractivity contribution >= 4 is 5.95 Å². The van der Waals surface area contributed by atoms with Gasteiger partial charge < -0.3 is 14.4 Å². The molecule has 7 heteroatoms. The number of hydrogen-bond acceptors (Lipinski definition) is 6. The normalized spacial score (nSPS) is 22.0. The van der Waals surface area contributed by atoms with Crippen LogP contribution in [0, 0.1) is 0 Å². The Bertz CT molecular complexity index is 683. The van der Waals surface area contributed by atoms with Crippen LogP contribution in [0.1, 0.15) is 36.8 Å². The minimum Gasteiger partial charge on any atom is -0.496 e. The summed E-state index contributed by atoms with van der Waals surface area (Å²) in [5, 5.41) is 12.5. The Morgan fingerprint density at radius 3 is 2.83 bits per heavy atom. The van der Waals surface area contributed by atoms with Crippen molar-refractivity contribution in [2.24, 2.45) is 0 Å². The molecule has 4 rings (SSSR count). The van der Waals surface area contributed by atoms with Gasteiger partial charge >= 0.3 is 0 Å². The van der Waals surface area contributed by atoms with E-state index in [-0.39, 0.29) is 0 Å². The summed E-state index contributed by atoms with van der Waals surface area (Å²) in [6.07, 6.45) is 3.03. The van der Waals surface area contributed by atoms with E-state index in [1.807, 2.05) is 16.8 Å². The third kappa shape index (κ3) is 2.84. The van der Waals surface area contributed by atoms with Crippen molar-refractivity contribution in [2.45, 2.75) is 31.2 Å². The summed E-state index contributed by atoms with van der Waals surface area (Å²) < 4.78 is 13.0. The SMILES string of the molecule is COc1ccccc1C1CCN(c2nnnn2C2CCOCC2)C1. The van der Waals surface area contributed by atoms with Crippen molar-refractivity contribution in [1.29, 1.82) is 0 Å². The summed E-state index contributed by atoms with van der Waals surface area (Å²) in [6.45, 7) is 3.46. The fourth-order valence-electron chi connectivity index (χ4n) is 3.76. The van der Waals surface area contributed by atoms with Crippen molar-refractivity contribution in [1.82, 2.24) is 20.2 Å². The minimum atomic E-state index is 0.342. The number of rotatable bonds is 4. The predicted octanol–water partition coefficient (Wildman–Crippen LogP) is 2.03. The topological polar surface area (TPSA) is 65.3 Å². The fraction of sp³-hybridized carbons (Fsp3) is 0.588. The molecule has 2 aromatic rings. The zero-order chi connectivity index (χ0) is 16.4. The number of ether oxygens (including phenoxy) is 2. The fourth-order valence-corrected chi connectivity index (χ4v) is 3.76. The van der Waals surface area contributed by atoms with Crippen molar-refractivity contribution < 1.29 is 9.47 Å². The van der Waals surface area contributed by atoms with Crippen LogP contribution in [0.15, 0.2) is 24.3 Å². The van der Waals surface area contributed by atoms with Crippen LogP contribution in [-0.2, 0) is 4.74 Å². The van der Waals surface area contributed by atoms with Crippen molar-refractivity contribution in [3.8, 4) is 5.75 Å². The van der Waals surface area contributed by atoms with E-state index >= 15 is 0 Å². The predicted molar refractivity (Wildman–Crippen MR) is 89.5 cm³/mol. The molecule has 24 heavy (non-hydrogen) atoms. The Balaban J connectivity index is 1.52. The van der Waals surface area contributed by atoms with Gasteiger partial charge in [-0.15, -0.1) is 0 Å². The highest BCUT2D eigenvalue weighted by atomic mass is 16.5. The maximum atomic E-state index is 5.52. The van der Waals surface area contributed by atoms with Crippen molar-refractivity contribution in [3.05, 3.63) is 29.8 Å². The van der Waals surface area contributed by atoms with Gasteiger partial charge in [-0.05, 0) is 41.3 Å². The summed E-state index contributed by atoms with van der Waals surface area (Å²) in [5.41, 5.74) is 1.27. The number of tetrazole rings is 1. The molecule has 1 aromatic heterocycles. The van der Waals surface area contributed by atoms with Crippen LogP contribution in [0.25, 0.3) is 0 Å². The molecule has 7 nitrogen and oxygen atoms in total. The Morgan fingerprint density at radius 1 is 1.17 bits per heavy atom. The summed E-state index contributed by atoms with van der Waals surface area (Å²) in [7, 11) is 1.73. The number of nitrogens with zero attached hydrogens (tertiary/aromatic N) is 5. The van der Waals surface area contributed by atoms with E-state index in [0.29, 0.717) is 12.0 Å². The lowest BCUT2D eigenvalue weighted by molar-refractivity contribution is 0.0661. The number of para-hydroxylation sites is 1. The van der Waals surface area contributed by atoms with Gasteiger partial charge in [0.2, 0.25) is 5.95 Å². The van der Waals surface area contributed by atoms with Gasteiger partial charge in [-0.1, -0.05) is 23.3 Å². The van der Waals surface area contributed by atoms with Crippen LogP contribution in [0.4, 0.5) is 5.95 Å². The van der Waals surface area contributed by atoms with Crippen LogP contribution < -0.4 is 9.64 Å². The van der Waals surface area contributed by atoms with Gasteiger partial charge in [-0.2, -0.15) is 0 Å². The van der Waals surface area contributed by atoms with E-state index < -0.39 is 0 Å². The van der Waals surface area contributed by atoms with Gasteiger partial charge in [-0.3, -0.25) is 0 Å². The second kappa shape index (κ2) is 6.76. The van der Waals surface area contributed by atoms with Crippen molar-refractivity contribution in [2.75, 3.05) is 38.3 Å². The van der Waals surface area contributed by atoms with Crippen LogP contribution in [0.5, 0.6) is 5.75 Å². The molecule has 128 valence electrons. The molecule has 0 saturated carbocycles. The molecule has 0 bridgehead atoms. The average Bonchev–Trinajstić information content (AvgIpc) is 3.31. The molecule has 3 heterocycles. The maximum absolute atomic E-state index is 5.52. The molecule has 0 N–H and O–H groups in total. The highest BCUT2D eigenvalue weighted by Crippen LogP contribution is 2.35. The number of aromatic nitrogens is 4. The summed E-state index contributed by atoms with van der Waals surface area (Å²) in [4.78, 5) is 2.30. The zero-order valence-electron chi connectivity index (χ0n) is 14.0. The Hall–Kier alpha value is -2.15. The molecule has 1 aromatic carbocycles. The number of hydrogen-bond donors (Lipinski definition) is 0. The molecule has 2 aliphatic rings. The lowest BCUT2D eigenvalue weighted by atomic mass is 9.97. The number of methoxy groups -OCH3 is 1. The summed E-state index contributed by atoms with van der Waals surface area (Å²) in [6, 6.07) is 8.63. The van der Waals surface area contributed by atoms with E-state index in [9.17, 15) is 0 Å². The maximum Gasteiger partial charge on any atom is 0.245 e. The summed E-state index contributed by atoms with van der Waals surface area (Å²) in [5.74, 6) is 2.30. The van der Waals surface area contributed by atoms with Gasteiger partial charge in [0, 0.05) is 32.2 Å². The highest BCUT2D eigenvalue weighted by molar-refractivity contribution is 5.41. The average molecular weight is 329 g/mol. The van der Waals surface area contributed by atoms with Crippen molar-refractivity contribution in [3.63, 3.8) is 0 Å². The van der Waals surface area contributed by atoms with E-state index in [0.717, 1.165) is 57.3 Å². The van der Waals surface area contributed by atoms with Crippen LogP contribution in [0.2, 0.25) is 0 Å². The second-order valence-corrected chi connectivity index (χ2v) is 6.44. The summed E-state index contributed by atoms with van der Waals surface area (Å²) >= 11 is 0. The first-order valence-electron chi connectivity index (χ1n) is 8.60. The molecular weight excluding hydrogens is 306 g/mol. The third-order valence-corrected chi connectivity index (χ3v) is 5.06. The van der Waals surface area contributed by atoms with Crippen LogP contribution >= 0.6 is 0 Å². The monoisotopic (exact) mass is 329 g/mol. The largest absolute Gasteiger partial charge is 0.496 e. The lowest BCUT2D eigenvalue weighted by Gasteiger charge is -2.25. The molecule has 1 unspecified atom stereocenters. The highest BCUT2D eigenvalue weighted by Gasteiger charge is 2.31. The lowest BCUT2D eigenvalue weighted by Crippen LogP contribution is -2.28. The zero-order valence-corrected chi connectivity index (χ0v) is 14.0. The van der Waals surface area contributed by atoms with Gasteiger partial charge in [0.05, 0.1) is 13.2 Å². The first kappa shape index (κ1) is 15.4. The molecule has 0 aliphatic carbocycles. The first-order chi connectivity index (χ1) is 11.9. The van der Waals surface area contributed by atoms with Gasteiger partial charge in [0.1, 0.15) is 5.75 Å². The van der Waals surface area contributed by atoms with Gasteiger partial charge in [0.15, 0.2) is 0 Å². The van der Waals surface area contributed by atoms with Crippen LogP contribution in [-0.4, -0.2) is 53.6 Å². The molecular formula is C17H23N5O2. The van der Waals surface area contributed by atoms with E-state index in [1.54, 1.807) is 7.11 Å². The molecule has 1 atom stereocenters. The standard InChI is InChI=1S/C17H23N5O2/c1-23-16-5-3-2-4-15(16)13-6-9-21(12-13)17-18-19-20-22(17)14-7-10-24-11-8-14/h2-5,13-14H,6-12H2,1H3. The quantitative estimate of drug-likeness (QED) is 0.855. The van der Waals surface area contributed by atoms with Gasteiger partial charge in [0.25, 0.3) is 0 Å². The minimum absolute atomic E-state index is 0.342. The second-order valence-electron chi connectivity index (χ2n) is 6.44. The van der Waals surface area contributed by atoms with E-state index in [4.69, 9.17) is 9.47 Å². The number of benzene rings is 1. The third-order valence-electron chi connectivity index (χ3n) is 5.06. The Morgan fingerprint density at radius 2 is 2.00 bits per heavy atom. The smallest absolute Gasteiger partial charge is 0.245 e. The molecule has 2 aliphatic heterocycles. The first-order valence-corrected chi connectivity index (χ1v) is 8.60. The van der Waals surface area contributed by atoms with Crippen LogP contribution in [0.3, 0.4) is 0 Å². The van der Waals surface area contributed by atoms with E-state index in [1.165, 1.54) is 5.56 Å². The van der Waals surface area contributed by atoms with E-state index in [2.05, 4.69) is 32.6 Å². The molecule has 2 saturated heterocycles. The molecule has 0 radical (unpaired) electrons. The molecule has 0 spiro atoms. The Kier molecular flexibility index (Phi) is 4.34. The Labute approximate surface area is 141 Å². The van der Waals surface area contributed by atoms with Gasteiger partial charge in [-0.25, -0.2) is 4.68 Å². The molecule has 2 fully saturated rings. The number of anilines is 1. The molecule has 0 amide bonds.